The van der Waals surface area contributed by atoms with Crippen LogP contribution in [0.3, 0.4) is 0 Å². The van der Waals surface area contributed by atoms with Gasteiger partial charge in [0.05, 0.1) is 4.92 Å². The second-order valence-corrected chi connectivity index (χ2v) is 5.18. The zero-order chi connectivity index (χ0) is 14.7. The molecule has 2 rings (SSSR count). The summed E-state index contributed by atoms with van der Waals surface area (Å²) < 4.78 is 0. The maximum absolute atomic E-state index is 12.2. The number of hydrogen-bond donors (Lipinski definition) is 1. The molecule has 0 radical (unpaired) electrons. The van der Waals surface area contributed by atoms with E-state index in [4.69, 9.17) is 0 Å². The normalized spacial score (nSPS) is 16.0. The first kappa shape index (κ1) is 14.3. The second-order valence-electron chi connectivity index (χ2n) is 5.18. The smallest absolute Gasteiger partial charge is 0.292 e. The molecule has 1 aliphatic heterocycles. The number of nitro benzene ring substituents is 1. The first-order chi connectivity index (χ1) is 9.49. The molecule has 0 saturated carbocycles. The molecule has 1 atom stereocenters. The van der Waals surface area contributed by atoms with Crippen LogP contribution in [0.25, 0.3) is 0 Å². The van der Waals surface area contributed by atoms with Crippen LogP contribution in [-0.2, 0) is 4.79 Å². The minimum Gasteiger partial charge on any atom is -0.368 e. The van der Waals surface area contributed by atoms with Gasteiger partial charge in [-0.15, -0.1) is 0 Å². The van der Waals surface area contributed by atoms with Crippen molar-refractivity contribution in [1.29, 1.82) is 0 Å². The summed E-state index contributed by atoms with van der Waals surface area (Å²) in [5.74, 6) is -0.00157. The van der Waals surface area contributed by atoms with E-state index in [2.05, 4.69) is 5.32 Å². The predicted octanol–water partition coefficient (Wildman–Crippen LogP) is 2.33. The van der Waals surface area contributed by atoms with Crippen LogP contribution in [0.1, 0.15) is 25.3 Å². The lowest BCUT2D eigenvalue weighted by molar-refractivity contribution is -0.384. The largest absolute Gasteiger partial charge is 0.368 e. The fourth-order valence-electron chi connectivity index (χ4n) is 2.43. The van der Waals surface area contributed by atoms with Gasteiger partial charge in [-0.25, -0.2) is 0 Å². The molecule has 1 amide bonds. The number of aryl methyl sites for hydroxylation is 1. The Morgan fingerprint density at radius 1 is 1.40 bits per heavy atom. The van der Waals surface area contributed by atoms with Crippen LogP contribution in [0.5, 0.6) is 0 Å². The van der Waals surface area contributed by atoms with Crippen LogP contribution in [0.15, 0.2) is 18.2 Å². The molecule has 1 N–H and O–H groups in total. The van der Waals surface area contributed by atoms with Gasteiger partial charge in [-0.1, -0.05) is 6.07 Å². The quantitative estimate of drug-likeness (QED) is 0.677. The number of benzene rings is 1. The number of anilines is 1. The van der Waals surface area contributed by atoms with Crippen LogP contribution in [0.4, 0.5) is 11.4 Å². The van der Waals surface area contributed by atoms with Crippen molar-refractivity contribution < 1.29 is 9.72 Å². The summed E-state index contributed by atoms with van der Waals surface area (Å²) in [6, 6.07) is 4.39. The van der Waals surface area contributed by atoms with Crippen LogP contribution in [0, 0.1) is 17.0 Å². The van der Waals surface area contributed by atoms with E-state index in [-0.39, 0.29) is 11.6 Å². The fraction of sp³-hybridized carbons (Fsp3) is 0.500. The molecule has 20 heavy (non-hydrogen) atoms. The van der Waals surface area contributed by atoms with E-state index in [0.717, 1.165) is 31.5 Å². The molecule has 0 aromatic heterocycles. The summed E-state index contributed by atoms with van der Waals surface area (Å²) in [7, 11) is 0. The van der Waals surface area contributed by atoms with Gasteiger partial charge in [0.1, 0.15) is 11.7 Å². The van der Waals surface area contributed by atoms with E-state index >= 15 is 0 Å². The average molecular weight is 277 g/mol. The number of carbonyl (C=O) groups excluding carboxylic acids is 1. The molecular formula is C14H19N3O3. The molecule has 108 valence electrons. The fourth-order valence-corrected chi connectivity index (χ4v) is 2.43. The molecule has 0 spiro atoms. The summed E-state index contributed by atoms with van der Waals surface area (Å²) in [6.45, 7) is 5.16. The number of carbonyl (C=O) groups is 1. The highest BCUT2D eigenvalue weighted by Crippen LogP contribution is 2.26. The Morgan fingerprint density at radius 3 is 2.65 bits per heavy atom. The topological polar surface area (TPSA) is 75.5 Å². The number of nitrogens with zero attached hydrogens (tertiary/aromatic N) is 2. The minimum atomic E-state index is -0.464. The summed E-state index contributed by atoms with van der Waals surface area (Å²) in [5, 5.41) is 14.0. The van der Waals surface area contributed by atoms with Crippen LogP contribution in [-0.4, -0.2) is 34.9 Å². The third-order valence-electron chi connectivity index (χ3n) is 3.51. The van der Waals surface area contributed by atoms with E-state index in [1.807, 2.05) is 6.92 Å². The molecule has 0 bridgehead atoms. The van der Waals surface area contributed by atoms with Crippen molar-refractivity contribution >= 4 is 17.3 Å². The lowest BCUT2D eigenvalue weighted by Crippen LogP contribution is -2.39. The van der Waals surface area contributed by atoms with Crippen LogP contribution in [0.2, 0.25) is 0 Å². The molecule has 1 saturated heterocycles. The number of amides is 1. The summed E-state index contributed by atoms with van der Waals surface area (Å²) in [4.78, 5) is 24.6. The monoisotopic (exact) mass is 277 g/mol. The minimum absolute atomic E-state index is 0.00157. The lowest BCUT2D eigenvalue weighted by Gasteiger charge is -2.21. The van der Waals surface area contributed by atoms with E-state index in [0.29, 0.717) is 5.69 Å². The van der Waals surface area contributed by atoms with Gasteiger partial charge in [-0.2, -0.15) is 0 Å². The van der Waals surface area contributed by atoms with Crippen molar-refractivity contribution in [3.8, 4) is 0 Å². The molecule has 1 unspecified atom stereocenters. The summed E-state index contributed by atoms with van der Waals surface area (Å²) in [6.07, 6.45) is 2.06. The van der Waals surface area contributed by atoms with Gasteiger partial charge in [0, 0.05) is 19.2 Å². The van der Waals surface area contributed by atoms with Crippen molar-refractivity contribution in [2.45, 2.75) is 32.7 Å². The van der Waals surface area contributed by atoms with Gasteiger partial charge in [0.25, 0.3) is 5.69 Å². The zero-order valence-corrected chi connectivity index (χ0v) is 11.8. The van der Waals surface area contributed by atoms with Gasteiger partial charge in [-0.3, -0.25) is 14.9 Å². The predicted molar refractivity (Wildman–Crippen MR) is 76.7 cm³/mol. The van der Waals surface area contributed by atoms with Gasteiger partial charge in [-0.05, 0) is 38.3 Å². The first-order valence-electron chi connectivity index (χ1n) is 6.79. The lowest BCUT2D eigenvalue weighted by atomic mass is 10.1. The van der Waals surface area contributed by atoms with Gasteiger partial charge >= 0.3 is 0 Å². The van der Waals surface area contributed by atoms with Crippen molar-refractivity contribution in [3.05, 3.63) is 33.9 Å². The van der Waals surface area contributed by atoms with Gasteiger partial charge < -0.3 is 10.2 Å². The third-order valence-corrected chi connectivity index (χ3v) is 3.51. The molecule has 1 aromatic rings. The number of hydrogen-bond acceptors (Lipinski definition) is 4. The maximum Gasteiger partial charge on any atom is 0.292 e. The molecular weight excluding hydrogens is 258 g/mol. The molecule has 1 aliphatic rings. The Kier molecular flexibility index (Phi) is 4.22. The highest BCUT2D eigenvalue weighted by Gasteiger charge is 2.25. The molecule has 1 heterocycles. The maximum atomic E-state index is 12.2. The Balaban J connectivity index is 2.14. The number of nitro groups is 1. The third kappa shape index (κ3) is 3.07. The molecule has 1 aromatic carbocycles. The highest BCUT2D eigenvalue weighted by atomic mass is 16.6. The zero-order valence-electron chi connectivity index (χ0n) is 11.8. The Morgan fingerprint density at radius 2 is 2.05 bits per heavy atom. The summed E-state index contributed by atoms with van der Waals surface area (Å²) >= 11 is 0. The van der Waals surface area contributed by atoms with Crippen molar-refractivity contribution in [1.82, 2.24) is 4.90 Å². The number of likely N-dealkylation sites (tertiary alicyclic amines) is 1. The van der Waals surface area contributed by atoms with E-state index in [1.165, 1.54) is 6.07 Å². The van der Waals surface area contributed by atoms with Crippen LogP contribution < -0.4 is 5.32 Å². The highest BCUT2D eigenvalue weighted by molar-refractivity contribution is 5.85. The van der Waals surface area contributed by atoms with Gasteiger partial charge in [0.15, 0.2) is 0 Å². The van der Waals surface area contributed by atoms with Crippen molar-refractivity contribution in [2.24, 2.45) is 0 Å². The number of nitrogens with one attached hydrogen (secondary N) is 1. The molecule has 6 nitrogen and oxygen atoms in total. The first-order valence-corrected chi connectivity index (χ1v) is 6.79. The molecule has 1 fully saturated rings. The average Bonchev–Trinajstić information content (AvgIpc) is 2.91. The SMILES string of the molecule is Cc1ccc([N+](=O)[O-])c(NC(C)C(=O)N2CCCC2)c1. The standard InChI is InChI=1S/C14H19N3O3/c1-10-5-6-13(17(19)20)12(9-10)15-11(2)14(18)16-7-3-4-8-16/h5-6,9,11,15H,3-4,7-8H2,1-2H3. The Hall–Kier alpha value is -2.11. The second kappa shape index (κ2) is 5.90. The Labute approximate surface area is 117 Å². The van der Waals surface area contributed by atoms with E-state index in [1.54, 1.807) is 24.0 Å². The number of rotatable bonds is 4. The van der Waals surface area contributed by atoms with Gasteiger partial charge in [0.2, 0.25) is 5.91 Å². The summed E-state index contributed by atoms with van der Waals surface area (Å²) in [5.41, 5.74) is 1.31. The van der Waals surface area contributed by atoms with Crippen molar-refractivity contribution in [2.75, 3.05) is 18.4 Å². The van der Waals surface area contributed by atoms with E-state index in [9.17, 15) is 14.9 Å². The molecule has 6 heteroatoms. The van der Waals surface area contributed by atoms with Crippen LogP contribution >= 0.6 is 0 Å². The Bertz CT molecular complexity index is 524. The molecule has 0 aliphatic carbocycles. The van der Waals surface area contributed by atoms with E-state index < -0.39 is 11.0 Å². The van der Waals surface area contributed by atoms with Crippen molar-refractivity contribution in [3.63, 3.8) is 0 Å².